The number of aromatic hydroxyl groups is 1. The van der Waals surface area contributed by atoms with Gasteiger partial charge in [-0.1, -0.05) is 17.3 Å². The van der Waals surface area contributed by atoms with Gasteiger partial charge in [-0.25, -0.2) is 4.79 Å². The molecular formula is C32H35N6O6+. The van der Waals surface area contributed by atoms with Crippen LogP contribution in [0.3, 0.4) is 0 Å². The molecular weight excluding hydrogens is 564 g/mol. The van der Waals surface area contributed by atoms with E-state index in [1.54, 1.807) is 60.4 Å². The van der Waals surface area contributed by atoms with E-state index in [1.165, 1.54) is 0 Å². The lowest BCUT2D eigenvalue weighted by molar-refractivity contribution is -0.911. The van der Waals surface area contributed by atoms with E-state index in [1.807, 2.05) is 18.2 Å². The number of rotatable bonds is 9. The SMILES string of the molecule is Cc1nc(-c2ccc(NC(=O)N([C@@H]3CC[N+](C)(Cc4ccc5c(c4)OCO5)C3)[C@@H](Cc3ccc(O)cc3)C(N)=O)cc2)no1. The van der Waals surface area contributed by atoms with Crippen LogP contribution < -0.4 is 20.5 Å². The van der Waals surface area contributed by atoms with Crippen molar-refractivity contribution in [2.45, 2.75) is 38.4 Å². The average Bonchev–Trinajstić information content (AvgIpc) is 3.74. The Morgan fingerprint density at radius 1 is 1.07 bits per heavy atom. The number of phenols is 1. The number of carbonyl (C=O) groups excluding carboxylic acids is 2. The van der Waals surface area contributed by atoms with Gasteiger partial charge in [-0.05, 0) is 60.2 Å². The summed E-state index contributed by atoms with van der Waals surface area (Å²) in [7, 11) is 2.15. The van der Waals surface area contributed by atoms with E-state index in [2.05, 4.69) is 22.5 Å². The number of nitrogens with zero attached hydrogens (tertiary/aromatic N) is 4. The molecule has 0 spiro atoms. The highest BCUT2D eigenvalue weighted by atomic mass is 16.7. The normalized spacial score (nSPS) is 19.5. The van der Waals surface area contributed by atoms with Crippen molar-refractivity contribution in [3.05, 3.63) is 83.7 Å². The number of nitrogens with two attached hydrogens (primary N) is 1. The third kappa shape index (κ3) is 6.30. The van der Waals surface area contributed by atoms with Gasteiger partial charge in [-0.3, -0.25) is 4.79 Å². The number of anilines is 1. The lowest BCUT2D eigenvalue weighted by Crippen LogP contribution is -2.56. The number of likely N-dealkylation sites (tertiary alicyclic amines) is 1. The van der Waals surface area contributed by atoms with Crippen LogP contribution in [0, 0.1) is 6.92 Å². The summed E-state index contributed by atoms with van der Waals surface area (Å²) < 4.78 is 16.8. The van der Waals surface area contributed by atoms with Crippen LogP contribution in [0.5, 0.6) is 17.2 Å². The predicted molar refractivity (Wildman–Crippen MR) is 161 cm³/mol. The Kier molecular flexibility index (Phi) is 7.83. The smallest absolute Gasteiger partial charge is 0.323 e. The number of fused-ring (bicyclic) bond motifs is 1. The Labute approximate surface area is 254 Å². The first-order valence-electron chi connectivity index (χ1n) is 14.5. The molecule has 0 radical (unpaired) electrons. The van der Waals surface area contributed by atoms with Crippen molar-refractivity contribution >= 4 is 17.6 Å². The Morgan fingerprint density at radius 2 is 1.80 bits per heavy atom. The standard InChI is InChI=1S/C32H34N6O6/c1-20-34-31(36-44-20)23-6-8-24(9-7-23)35-32(41)37(27(30(33)40)15-21-3-10-26(39)11-4-21)25-13-14-38(2,18-25)17-22-5-12-28-29(16-22)43-19-42-28/h3-12,16,25,27H,13-15,17-19H2,1-2H3,(H3-,33,35,36,39,40,41)/p+1/t25-,27+,38?/m1/s1. The van der Waals surface area contributed by atoms with Crippen molar-refractivity contribution in [1.82, 2.24) is 15.0 Å². The van der Waals surface area contributed by atoms with E-state index in [-0.39, 0.29) is 25.0 Å². The number of primary amides is 1. The van der Waals surface area contributed by atoms with E-state index in [0.717, 1.165) is 41.3 Å². The van der Waals surface area contributed by atoms with Crippen LogP contribution in [0.25, 0.3) is 11.4 Å². The van der Waals surface area contributed by atoms with Gasteiger partial charge in [0.2, 0.25) is 24.4 Å². The first-order valence-corrected chi connectivity index (χ1v) is 14.5. The van der Waals surface area contributed by atoms with Crippen molar-refractivity contribution < 1.29 is 33.2 Å². The molecule has 1 unspecified atom stereocenters. The summed E-state index contributed by atoms with van der Waals surface area (Å²) in [6.07, 6.45) is 0.894. The molecule has 228 valence electrons. The van der Waals surface area contributed by atoms with Gasteiger partial charge in [0.05, 0.1) is 26.2 Å². The van der Waals surface area contributed by atoms with Crippen LogP contribution in [0.15, 0.2) is 71.3 Å². The largest absolute Gasteiger partial charge is 0.508 e. The number of urea groups is 1. The molecule has 3 heterocycles. The molecule has 3 aromatic carbocycles. The molecule has 1 fully saturated rings. The zero-order valence-electron chi connectivity index (χ0n) is 24.6. The zero-order chi connectivity index (χ0) is 30.8. The fourth-order valence-corrected chi connectivity index (χ4v) is 6.06. The molecule has 12 heteroatoms. The van der Waals surface area contributed by atoms with Crippen molar-refractivity contribution in [3.63, 3.8) is 0 Å². The predicted octanol–water partition coefficient (Wildman–Crippen LogP) is 3.83. The van der Waals surface area contributed by atoms with Crippen LogP contribution in [0.4, 0.5) is 10.5 Å². The number of nitrogens with one attached hydrogen (secondary N) is 1. The summed E-state index contributed by atoms with van der Waals surface area (Å²) in [5.74, 6) is 1.89. The number of likely N-dealkylation sites (N-methyl/N-ethyl adjacent to an activating group) is 1. The van der Waals surface area contributed by atoms with Gasteiger partial charge in [0.25, 0.3) is 0 Å². The number of hydrogen-bond donors (Lipinski definition) is 3. The Hall–Kier alpha value is -5.10. The molecule has 3 amide bonds. The second kappa shape index (κ2) is 11.9. The van der Waals surface area contributed by atoms with E-state index < -0.39 is 18.0 Å². The molecule has 1 aromatic heterocycles. The third-order valence-electron chi connectivity index (χ3n) is 8.23. The third-order valence-corrected chi connectivity index (χ3v) is 8.23. The monoisotopic (exact) mass is 599 g/mol. The number of benzene rings is 3. The zero-order valence-corrected chi connectivity index (χ0v) is 24.6. The van der Waals surface area contributed by atoms with Gasteiger partial charge in [0, 0.05) is 36.6 Å². The minimum absolute atomic E-state index is 0.116. The van der Waals surface area contributed by atoms with Gasteiger partial charge in [-0.2, -0.15) is 4.98 Å². The van der Waals surface area contributed by atoms with Gasteiger partial charge < -0.3 is 39.5 Å². The summed E-state index contributed by atoms with van der Waals surface area (Å²) in [5, 5.41) is 16.7. The number of hydrogen-bond acceptors (Lipinski definition) is 8. The van der Waals surface area contributed by atoms with Gasteiger partial charge in [-0.15, -0.1) is 0 Å². The lowest BCUT2D eigenvalue weighted by atomic mass is 10.0. The highest BCUT2D eigenvalue weighted by molar-refractivity contribution is 5.94. The summed E-state index contributed by atoms with van der Waals surface area (Å²) in [6.45, 7) is 4.07. The molecule has 3 atom stereocenters. The number of amides is 3. The number of aryl methyl sites for hydroxylation is 1. The Morgan fingerprint density at radius 3 is 2.50 bits per heavy atom. The molecule has 44 heavy (non-hydrogen) atoms. The Bertz CT molecular complexity index is 1660. The molecule has 0 saturated carbocycles. The maximum atomic E-state index is 14.0. The van der Waals surface area contributed by atoms with Crippen LogP contribution in [0.1, 0.15) is 23.4 Å². The van der Waals surface area contributed by atoms with E-state index in [0.29, 0.717) is 34.9 Å². The quantitative estimate of drug-likeness (QED) is 0.246. The maximum absolute atomic E-state index is 14.0. The van der Waals surface area contributed by atoms with Crippen LogP contribution in [0.2, 0.25) is 0 Å². The summed E-state index contributed by atoms with van der Waals surface area (Å²) in [5.41, 5.74) is 9.15. The summed E-state index contributed by atoms with van der Waals surface area (Å²) in [4.78, 5) is 32.9. The highest BCUT2D eigenvalue weighted by Gasteiger charge is 2.44. The molecule has 1 saturated heterocycles. The number of carbonyl (C=O) groups is 2. The van der Waals surface area contributed by atoms with Crippen LogP contribution in [-0.4, -0.2) is 75.6 Å². The molecule has 2 aliphatic heterocycles. The van der Waals surface area contributed by atoms with Crippen LogP contribution >= 0.6 is 0 Å². The number of aromatic nitrogens is 2. The number of ether oxygens (including phenoxy) is 2. The molecule has 12 nitrogen and oxygen atoms in total. The second-order valence-corrected chi connectivity index (χ2v) is 11.7. The molecule has 6 rings (SSSR count). The highest BCUT2D eigenvalue weighted by Crippen LogP contribution is 2.35. The fraction of sp³-hybridized carbons (Fsp3) is 0.312. The van der Waals surface area contributed by atoms with Crippen molar-refractivity contribution in [2.24, 2.45) is 5.73 Å². The fourth-order valence-electron chi connectivity index (χ4n) is 6.06. The molecule has 4 N–H and O–H groups in total. The minimum Gasteiger partial charge on any atom is -0.508 e. The average molecular weight is 600 g/mol. The molecule has 0 aliphatic carbocycles. The van der Waals surface area contributed by atoms with Gasteiger partial charge in [0.1, 0.15) is 18.3 Å². The lowest BCUT2D eigenvalue weighted by Gasteiger charge is -2.36. The summed E-state index contributed by atoms with van der Waals surface area (Å²) in [6, 6.07) is 18.0. The maximum Gasteiger partial charge on any atom is 0.323 e. The van der Waals surface area contributed by atoms with Crippen molar-refractivity contribution in [2.75, 3.05) is 32.2 Å². The van der Waals surface area contributed by atoms with E-state index in [4.69, 9.17) is 19.7 Å². The topological polar surface area (TPSA) is 153 Å². The molecule has 0 bridgehead atoms. The van der Waals surface area contributed by atoms with Gasteiger partial charge >= 0.3 is 6.03 Å². The van der Waals surface area contributed by atoms with Crippen molar-refractivity contribution in [1.29, 1.82) is 0 Å². The number of phenolic OH excluding ortho intramolecular Hbond substituents is 1. The molecule has 2 aliphatic rings. The van der Waals surface area contributed by atoms with Crippen LogP contribution in [-0.2, 0) is 17.8 Å². The number of quaternary nitrogens is 1. The second-order valence-electron chi connectivity index (χ2n) is 11.7. The first-order chi connectivity index (χ1) is 21.2. The van der Waals surface area contributed by atoms with Gasteiger partial charge in [0.15, 0.2) is 11.5 Å². The minimum atomic E-state index is -0.914. The summed E-state index contributed by atoms with van der Waals surface area (Å²) >= 11 is 0. The van der Waals surface area contributed by atoms with Crippen molar-refractivity contribution in [3.8, 4) is 28.6 Å². The first kappa shape index (κ1) is 29.0. The Balaban J connectivity index is 1.24. The van der Waals surface area contributed by atoms with E-state index in [9.17, 15) is 14.7 Å². The molecule has 4 aromatic rings. The van der Waals surface area contributed by atoms with E-state index >= 15 is 0 Å².